The SMILES string of the molecule is CC(C(=O)Oc1cccc2ccccc12)C1CCN(C(=N)N)CC1.Cl. The number of rotatable bonds is 3. The van der Waals surface area contributed by atoms with Gasteiger partial charge in [0.15, 0.2) is 5.96 Å². The summed E-state index contributed by atoms with van der Waals surface area (Å²) in [5, 5.41) is 9.50. The molecule has 25 heavy (non-hydrogen) atoms. The van der Waals surface area contributed by atoms with Crippen LogP contribution in [0, 0.1) is 17.2 Å². The Morgan fingerprint density at radius 2 is 1.84 bits per heavy atom. The van der Waals surface area contributed by atoms with Gasteiger partial charge < -0.3 is 15.4 Å². The maximum Gasteiger partial charge on any atom is 0.314 e. The molecule has 0 bridgehead atoms. The van der Waals surface area contributed by atoms with Crippen molar-refractivity contribution >= 4 is 35.1 Å². The molecule has 1 aliphatic heterocycles. The molecule has 134 valence electrons. The van der Waals surface area contributed by atoms with E-state index in [1.807, 2.05) is 54.3 Å². The van der Waals surface area contributed by atoms with E-state index >= 15 is 0 Å². The first-order valence-electron chi connectivity index (χ1n) is 8.34. The van der Waals surface area contributed by atoms with Crippen LogP contribution in [0.3, 0.4) is 0 Å². The molecular formula is C19H24ClN3O2. The molecule has 1 heterocycles. The largest absolute Gasteiger partial charge is 0.426 e. The Bertz CT molecular complexity index is 752. The third-order valence-corrected chi connectivity index (χ3v) is 4.92. The monoisotopic (exact) mass is 361 g/mol. The van der Waals surface area contributed by atoms with Gasteiger partial charge in [0.2, 0.25) is 0 Å². The van der Waals surface area contributed by atoms with Crippen LogP contribution in [0.15, 0.2) is 42.5 Å². The quantitative estimate of drug-likeness (QED) is 0.380. The lowest BCUT2D eigenvalue weighted by molar-refractivity contribution is -0.140. The standard InChI is InChI=1S/C19H23N3O2.ClH/c1-13(14-9-11-22(12-10-14)19(20)21)18(23)24-17-8-4-6-15-5-2-3-7-16(15)17;/h2-8,13-14H,9-12H2,1H3,(H3,20,21);1H. The summed E-state index contributed by atoms with van der Waals surface area (Å²) in [4.78, 5) is 14.4. The predicted molar refractivity (Wildman–Crippen MR) is 102 cm³/mol. The third-order valence-electron chi connectivity index (χ3n) is 4.92. The smallest absolute Gasteiger partial charge is 0.314 e. The summed E-state index contributed by atoms with van der Waals surface area (Å²) in [6.07, 6.45) is 1.71. The maximum atomic E-state index is 12.6. The van der Waals surface area contributed by atoms with Gasteiger partial charge in [0.05, 0.1) is 5.92 Å². The zero-order chi connectivity index (χ0) is 17.1. The third kappa shape index (κ3) is 4.23. The summed E-state index contributed by atoms with van der Waals surface area (Å²) >= 11 is 0. The van der Waals surface area contributed by atoms with Crippen LogP contribution in [0.5, 0.6) is 5.75 Å². The number of benzene rings is 2. The Hall–Kier alpha value is -2.27. The molecule has 3 N–H and O–H groups in total. The number of nitrogens with one attached hydrogen (secondary N) is 1. The molecule has 0 spiro atoms. The van der Waals surface area contributed by atoms with Crippen LogP contribution in [0.4, 0.5) is 0 Å². The maximum absolute atomic E-state index is 12.6. The number of guanidine groups is 1. The molecule has 0 aliphatic carbocycles. The van der Waals surface area contributed by atoms with E-state index in [0.29, 0.717) is 5.75 Å². The highest BCUT2D eigenvalue weighted by molar-refractivity contribution is 5.90. The Kier molecular flexibility index (Phi) is 6.26. The van der Waals surface area contributed by atoms with Crippen molar-refractivity contribution in [1.82, 2.24) is 4.90 Å². The molecular weight excluding hydrogens is 338 g/mol. The molecule has 0 saturated carbocycles. The number of nitrogens with two attached hydrogens (primary N) is 1. The summed E-state index contributed by atoms with van der Waals surface area (Å²) in [5.74, 6) is 0.638. The van der Waals surface area contributed by atoms with Gasteiger partial charge in [-0.3, -0.25) is 10.2 Å². The molecule has 1 fully saturated rings. The fourth-order valence-corrected chi connectivity index (χ4v) is 3.32. The Balaban J connectivity index is 0.00000225. The lowest BCUT2D eigenvalue weighted by Crippen LogP contribution is -2.44. The van der Waals surface area contributed by atoms with Crippen LogP contribution in [0.1, 0.15) is 19.8 Å². The van der Waals surface area contributed by atoms with Crippen molar-refractivity contribution in [2.75, 3.05) is 13.1 Å². The van der Waals surface area contributed by atoms with Crippen LogP contribution in [-0.4, -0.2) is 29.9 Å². The molecule has 3 rings (SSSR count). The van der Waals surface area contributed by atoms with Gasteiger partial charge in [-0.15, -0.1) is 12.4 Å². The average molecular weight is 362 g/mol. The summed E-state index contributed by atoms with van der Waals surface area (Å²) < 4.78 is 5.70. The molecule has 1 unspecified atom stereocenters. The Morgan fingerprint density at radius 3 is 2.52 bits per heavy atom. The van der Waals surface area contributed by atoms with Gasteiger partial charge in [0.1, 0.15) is 5.75 Å². The molecule has 6 heteroatoms. The molecule has 1 aliphatic rings. The first kappa shape index (κ1) is 19.1. The highest BCUT2D eigenvalue weighted by Crippen LogP contribution is 2.29. The molecule has 1 atom stereocenters. The molecule has 0 amide bonds. The van der Waals surface area contributed by atoms with E-state index in [0.717, 1.165) is 36.7 Å². The minimum Gasteiger partial charge on any atom is -0.426 e. The number of esters is 1. The minimum absolute atomic E-state index is 0. The van der Waals surface area contributed by atoms with Crippen molar-refractivity contribution in [2.45, 2.75) is 19.8 Å². The molecule has 0 radical (unpaired) electrons. The summed E-state index contributed by atoms with van der Waals surface area (Å²) in [6.45, 7) is 3.39. The fourth-order valence-electron chi connectivity index (χ4n) is 3.32. The van der Waals surface area contributed by atoms with Crippen molar-refractivity contribution in [3.05, 3.63) is 42.5 Å². The number of halogens is 1. The lowest BCUT2D eigenvalue weighted by atomic mass is 9.85. The zero-order valence-corrected chi connectivity index (χ0v) is 15.1. The normalized spacial score (nSPS) is 16.1. The van der Waals surface area contributed by atoms with Crippen LogP contribution < -0.4 is 10.5 Å². The van der Waals surface area contributed by atoms with E-state index in [-0.39, 0.29) is 36.2 Å². The highest BCUT2D eigenvalue weighted by Gasteiger charge is 2.30. The minimum atomic E-state index is -0.187. The Labute approximate surface area is 154 Å². The number of hydrogen-bond donors (Lipinski definition) is 2. The summed E-state index contributed by atoms with van der Waals surface area (Å²) in [6, 6.07) is 13.6. The van der Waals surface area contributed by atoms with Crippen LogP contribution in [0.2, 0.25) is 0 Å². The number of fused-ring (bicyclic) bond motifs is 1. The van der Waals surface area contributed by atoms with Gasteiger partial charge >= 0.3 is 5.97 Å². The average Bonchev–Trinajstić information content (AvgIpc) is 2.61. The number of likely N-dealkylation sites (tertiary alicyclic amines) is 1. The fraction of sp³-hybridized carbons (Fsp3) is 0.368. The second-order valence-corrected chi connectivity index (χ2v) is 6.40. The lowest BCUT2D eigenvalue weighted by Gasteiger charge is -2.34. The second-order valence-electron chi connectivity index (χ2n) is 6.40. The van der Waals surface area contributed by atoms with Gasteiger partial charge in [-0.05, 0) is 30.2 Å². The predicted octanol–water partition coefficient (Wildman–Crippen LogP) is 3.41. The summed E-state index contributed by atoms with van der Waals surface area (Å²) in [5.41, 5.74) is 5.52. The van der Waals surface area contributed by atoms with E-state index < -0.39 is 0 Å². The van der Waals surface area contributed by atoms with Crippen LogP contribution in [0.25, 0.3) is 10.8 Å². The van der Waals surface area contributed by atoms with E-state index in [2.05, 4.69) is 0 Å². The van der Waals surface area contributed by atoms with Crippen molar-refractivity contribution in [2.24, 2.45) is 17.6 Å². The van der Waals surface area contributed by atoms with Gasteiger partial charge in [0, 0.05) is 18.5 Å². The first-order valence-corrected chi connectivity index (χ1v) is 8.34. The second kappa shape index (κ2) is 8.21. The van der Waals surface area contributed by atoms with Crippen molar-refractivity contribution in [1.29, 1.82) is 5.41 Å². The van der Waals surface area contributed by atoms with Gasteiger partial charge in [0.25, 0.3) is 0 Å². The zero-order valence-electron chi connectivity index (χ0n) is 14.3. The van der Waals surface area contributed by atoms with Crippen molar-refractivity contribution in [3.8, 4) is 5.75 Å². The Morgan fingerprint density at radius 1 is 1.20 bits per heavy atom. The molecule has 0 aromatic heterocycles. The number of nitrogens with zero attached hydrogens (tertiary/aromatic N) is 1. The first-order chi connectivity index (χ1) is 11.6. The van der Waals surface area contributed by atoms with Crippen molar-refractivity contribution in [3.63, 3.8) is 0 Å². The topological polar surface area (TPSA) is 79.4 Å². The molecule has 2 aromatic rings. The number of carbonyl (C=O) groups is 1. The summed E-state index contributed by atoms with van der Waals surface area (Å²) in [7, 11) is 0. The van der Waals surface area contributed by atoms with Gasteiger partial charge in [-0.2, -0.15) is 0 Å². The van der Waals surface area contributed by atoms with E-state index in [4.69, 9.17) is 15.9 Å². The van der Waals surface area contributed by atoms with E-state index in [1.54, 1.807) is 0 Å². The van der Waals surface area contributed by atoms with Gasteiger partial charge in [-0.1, -0.05) is 43.3 Å². The molecule has 2 aromatic carbocycles. The van der Waals surface area contributed by atoms with Crippen LogP contribution in [-0.2, 0) is 4.79 Å². The van der Waals surface area contributed by atoms with Crippen LogP contribution >= 0.6 is 12.4 Å². The molecule has 1 saturated heterocycles. The highest BCUT2D eigenvalue weighted by atomic mass is 35.5. The number of ether oxygens (including phenoxy) is 1. The number of carbonyl (C=O) groups excluding carboxylic acids is 1. The number of piperidine rings is 1. The van der Waals surface area contributed by atoms with Gasteiger partial charge in [-0.25, -0.2) is 0 Å². The van der Waals surface area contributed by atoms with E-state index in [9.17, 15) is 4.79 Å². The molecule has 5 nitrogen and oxygen atoms in total. The van der Waals surface area contributed by atoms with Crippen molar-refractivity contribution < 1.29 is 9.53 Å². The number of hydrogen-bond acceptors (Lipinski definition) is 3. The van der Waals surface area contributed by atoms with E-state index in [1.165, 1.54) is 0 Å².